The number of nitrogens with zero attached hydrogens (tertiary/aromatic N) is 1. The summed E-state index contributed by atoms with van der Waals surface area (Å²) in [5.41, 5.74) is 6.32. The molecule has 2 rings (SSSR count). The van der Waals surface area contributed by atoms with E-state index in [1.807, 2.05) is 36.2 Å². The zero-order valence-electron chi connectivity index (χ0n) is 11.8. The maximum absolute atomic E-state index is 10.0. The molecule has 2 aromatic rings. The van der Waals surface area contributed by atoms with Crippen molar-refractivity contribution in [1.29, 1.82) is 0 Å². The molecule has 0 aliphatic heterocycles. The van der Waals surface area contributed by atoms with E-state index in [4.69, 9.17) is 22.1 Å². The number of halogens is 1. The minimum atomic E-state index is -0.563. The fourth-order valence-corrected chi connectivity index (χ4v) is 3.14. The summed E-state index contributed by atoms with van der Waals surface area (Å²) in [4.78, 5) is 3.21. The van der Waals surface area contributed by atoms with Crippen molar-refractivity contribution in [1.82, 2.24) is 4.90 Å². The highest BCUT2D eigenvalue weighted by Crippen LogP contribution is 2.22. The molecule has 1 aromatic carbocycles. The van der Waals surface area contributed by atoms with Gasteiger partial charge in [0, 0.05) is 29.7 Å². The molecule has 114 valence electrons. The summed E-state index contributed by atoms with van der Waals surface area (Å²) in [6, 6.07) is 11.1. The number of ether oxygens (including phenoxy) is 1. The first-order valence-corrected chi connectivity index (χ1v) is 7.81. The Hall–Kier alpha value is -1.27. The average molecular weight is 327 g/mol. The van der Waals surface area contributed by atoms with Gasteiger partial charge >= 0.3 is 0 Å². The Labute approximate surface area is 133 Å². The molecule has 1 unspecified atom stereocenters. The van der Waals surface area contributed by atoms with Crippen LogP contribution in [-0.4, -0.2) is 36.3 Å². The van der Waals surface area contributed by atoms with Crippen LogP contribution >= 0.6 is 22.9 Å². The standard InChI is InChI=1S/C15H19ClN2O2S/c1-18(9-14-5-6-15(16)21-14)8-12(19)10-20-13-4-2-3-11(17)7-13/h2-7,12,19H,8-10,17H2,1H3. The number of anilines is 1. The van der Waals surface area contributed by atoms with Crippen molar-refractivity contribution < 1.29 is 9.84 Å². The van der Waals surface area contributed by atoms with Gasteiger partial charge in [-0.1, -0.05) is 17.7 Å². The molecule has 1 atom stereocenters. The van der Waals surface area contributed by atoms with Gasteiger partial charge in [-0.25, -0.2) is 0 Å². The van der Waals surface area contributed by atoms with Gasteiger partial charge in [0.2, 0.25) is 0 Å². The van der Waals surface area contributed by atoms with Gasteiger partial charge < -0.3 is 15.6 Å². The zero-order chi connectivity index (χ0) is 15.2. The summed E-state index contributed by atoms with van der Waals surface area (Å²) in [6.07, 6.45) is -0.563. The van der Waals surface area contributed by atoms with Gasteiger partial charge in [-0.15, -0.1) is 11.3 Å². The van der Waals surface area contributed by atoms with E-state index in [2.05, 4.69) is 0 Å². The molecule has 0 aliphatic rings. The summed E-state index contributed by atoms with van der Waals surface area (Å²) >= 11 is 7.45. The van der Waals surface area contributed by atoms with E-state index in [-0.39, 0.29) is 6.61 Å². The van der Waals surface area contributed by atoms with Gasteiger partial charge in [0.1, 0.15) is 18.5 Å². The highest BCUT2D eigenvalue weighted by Gasteiger charge is 2.10. The van der Waals surface area contributed by atoms with Crippen LogP contribution in [0.25, 0.3) is 0 Å². The van der Waals surface area contributed by atoms with Gasteiger partial charge in [-0.3, -0.25) is 4.90 Å². The lowest BCUT2D eigenvalue weighted by atomic mass is 10.3. The van der Waals surface area contributed by atoms with Gasteiger partial charge in [0.25, 0.3) is 0 Å². The smallest absolute Gasteiger partial charge is 0.121 e. The molecular formula is C15H19ClN2O2S. The van der Waals surface area contributed by atoms with Gasteiger partial charge in [-0.05, 0) is 31.3 Å². The number of hydrogen-bond donors (Lipinski definition) is 2. The first kappa shape index (κ1) is 16.1. The number of aliphatic hydroxyl groups is 1. The quantitative estimate of drug-likeness (QED) is 0.768. The lowest BCUT2D eigenvalue weighted by Crippen LogP contribution is -2.32. The summed E-state index contributed by atoms with van der Waals surface area (Å²) in [5.74, 6) is 0.668. The normalized spacial score (nSPS) is 12.6. The third-order valence-corrected chi connectivity index (χ3v) is 4.09. The fraction of sp³-hybridized carbons (Fsp3) is 0.333. The second-order valence-electron chi connectivity index (χ2n) is 4.94. The minimum Gasteiger partial charge on any atom is -0.491 e. The van der Waals surface area contributed by atoms with Gasteiger partial charge in [0.05, 0.1) is 4.34 Å². The largest absolute Gasteiger partial charge is 0.491 e. The van der Waals surface area contributed by atoms with E-state index in [1.165, 1.54) is 4.88 Å². The number of hydrogen-bond acceptors (Lipinski definition) is 5. The predicted molar refractivity (Wildman–Crippen MR) is 88.0 cm³/mol. The zero-order valence-corrected chi connectivity index (χ0v) is 13.4. The fourth-order valence-electron chi connectivity index (χ4n) is 1.98. The van der Waals surface area contributed by atoms with E-state index < -0.39 is 6.10 Å². The van der Waals surface area contributed by atoms with Crippen LogP contribution < -0.4 is 10.5 Å². The Morgan fingerprint density at radius 1 is 1.38 bits per heavy atom. The van der Waals surface area contributed by atoms with E-state index in [0.717, 1.165) is 10.9 Å². The first-order valence-electron chi connectivity index (χ1n) is 6.62. The number of benzene rings is 1. The Kier molecular flexibility index (Phi) is 5.87. The summed E-state index contributed by atoms with van der Waals surface area (Å²) in [6.45, 7) is 1.52. The maximum atomic E-state index is 10.0. The second-order valence-corrected chi connectivity index (χ2v) is 6.74. The monoisotopic (exact) mass is 326 g/mol. The summed E-state index contributed by atoms with van der Waals surface area (Å²) in [5, 5.41) is 10.0. The highest BCUT2D eigenvalue weighted by atomic mass is 35.5. The second kappa shape index (κ2) is 7.66. The van der Waals surface area contributed by atoms with Crippen molar-refractivity contribution in [3.8, 4) is 5.75 Å². The van der Waals surface area contributed by atoms with E-state index in [0.29, 0.717) is 18.0 Å². The molecule has 1 aromatic heterocycles. The number of thiophene rings is 1. The van der Waals surface area contributed by atoms with Crippen LogP contribution in [0.2, 0.25) is 4.34 Å². The molecule has 4 nitrogen and oxygen atoms in total. The summed E-state index contributed by atoms with van der Waals surface area (Å²) in [7, 11) is 1.96. The Morgan fingerprint density at radius 3 is 2.86 bits per heavy atom. The van der Waals surface area contributed by atoms with Crippen molar-refractivity contribution in [2.75, 3.05) is 25.9 Å². The molecule has 6 heteroatoms. The molecule has 0 fully saturated rings. The predicted octanol–water partition coefficient (Wildman–Crippen LogP) is 2.86. The Morgan fingerprint density at radius 2 is 2.19 bits per heavy atom. The number of rotatable bonds is 7. The molecule has 0 bridgehead atoms. The van der Waals surface area contributed by atoms with Crippen LogP contribution in [0.1, 0.15) is 4.88 Å². The van der Waals surface area contributed by atoms with Crippen LogP contribution in [-0.2, 0) is 6.54 Å². The number of nitrogen functional groups attached to an aromatic ring is 1. The van der Waals surface area contributed by atoms with Crippen LogP contribution in [0.3, 0.4) is 0 Å². The van der Waals surface area contributed by atoms with Crippen molar-refractivity contribution >= 4 is 28.6 Å². The number of likely N-dealkylation sites (N-methyl/N-ethyl adjacent to an activating group) is 1. The molecule has 0 saturated heterocycles. The van der Waals surface area contributed by atoms with Crippen molar-refractivity contribution in [2.45, 2.75) is 12.6 Å². The first-order chi connectivity index (χ1) is 10.0. The molecule has 0 aliphatic carbocycles. The van der Waals surface area contributed by atoms with Crippen LogP contribution in [0.15, 0.2) is 36.4 Å². The third kappa shape index (κ3) is 5.55. The molecule has 0 saturated carbocycles. The van der Waals surface area contributed by atoms with Gasteiger partial charge in [-0.2, -0.15) is 0 Å². The van der Waals surface area contributed by atoms with Crippen molar-refractivity contribution in [3.05, 3.63) is 45.6 Å². The molecule has 0 amide bonds. The maximum Gasteiger partial charge on any atom is 0.121 e. The minimum absolute atomic E-state index is 0.235. The van der Waals surface area contributed by atoms with Crippen LogP contribution in [0.4, 0.5) is 5.69 Å². The van der Waals surface area contributed by atoms with Crippen LogP contribution in [0, 0.1) is 0 Å². The van der Waals surface area contributed by atoms with Gasteiger partial charge in [0.15, 0.2) is 0 Å². The molecule has 1 heterocycles. The number of aliphatic hydroxyl groups excluding tert-OH is 1. The lowest BCUT2D eigenvalue weighted by molar-refractivity contribution is 0.0747. The van der Waals surface area contributed by atoms with Crippen LogP contribution in [0.5, 0.6) is 5.75 Å². The third-order valence-electron chi connectivity index (χ3n) is 2.88. The van der Waals surface area contributed by atoms with Crippen molar-refractivity contribution in [3.63, 3.8) is 0 Å². The SMILES string of the molecule is CN(Cc1ccc(Cl)s1)CC(O)COc1cccc(N)c1. The molecule has 0 radical (unpaired) electrons. The Balaban J connectivity index is 1.74. The Bertz CT molecular complexity index is 576. The summed E-state index contributed by atoms with van der Waals surface area (Å²) < 4.78 is 6.31. The highest BCUT2D eigenvalue weighted by molar-refractivity contribution is 7.16. The van der Waals surface area contributed by atoms with Crippen molar-refractivity contribution in [2.24, 2.45) is 0 Å². The number of nitrogens with two attached hydrogens (primary N) is 1. The molecule has 0 spiro atoms. The molecular weight excluding hydrogens is 308 g/mol. The molecule has 21 heavy (non-hydrogen) atoms. The van der Waals surface area contributed by atoms with E-state index in [9.17, 15) is 5.11 Å². The average Bonchev–Trinajstić information content (AvgIpc) is 2.81. The van der Waals surface area contributed by atoms with E-state index >= 15 is 0 Å². The lowest BCUT2D eigenvalue weighted by Gasteiger charge is -2.20. The van der Waals surface area contributed by atoms with E-state index in [1.54, 1.807) is 23.5 Å². The molecule has 3 N–H and O–H groups in total. The topological polar surface area (TPSA) is 58.7 Å².